The van der Waals surface area contributed by atoms with Gasteiger partial charge in [-0.2, -0.15) is 4.98 Å². The van der Waals surface area contributed by atoms with Gasteiger partial charge in [0, 0.05) is 29.9 Å². The molecule has 3 N–H and O–H groups in total. The van der Waals surface area contributed by atoms with E-state index in [0.717, 1.165) is 11.1 Å². The highest BCUT2D eigenvalue weighted by atomic mass is 16.3. The molecule has 1 aromatic carbocycles. The lowest BCUT2D eigenvalue weighted by atomic mass is 9.96. The number of aromatic nitrogens is 5. The topological polar surface area (TPSA) is 118 Å². The molecule has 0 spiro atoms. The van der Waals surface area contributed by atoms with Crippen molar-refractivity contribution >= 4 is 17.5 Å². The standard InChI is InChI=1S/C23H19N7O2/c1-14-19(22(32)27-17-3-2-10-25-13-17)20(15-8-11-24-12-9-15)30-23(26-14)28-21(29-30)16-4-6-18(31)7-5-16/h2-13,20,31H,1H3,(H,27,32)(H,26,28,29). The average Bonchev–Trinajstić information content (AvgIpc) is 3.23. The van der Waals surface area contributed by atoms with Crippen molar-refractivity contribution in [1.82, 2.24) is 24.7 Å². The van der Waals surface area contributed by atoms with E-state index in [2.05, 4.69) is 25.6 Å². The second kappa shape index (κ2) is 7.95. The zero-order valence-corrected chi connectivity index (χ0v) is 17.1. The number of hydrogen-bond acceptors (Lipinski definition) is 7. The number of carbonyl (C=O) groups is 1. The van der Waals surface area contributed by atoms with Crippen LogP contribution in [0.25, 0.3) is 11.4 Å². The van der Waals surface area contributed by atoms with E-state index in [0.29, 0.717) is 28.7 Å². The lowest BCUT2D eigenvalue weighted by molar-refractivity contribution is -0.113. The van der Waals surface area contributed by atoms with Gasteiger partial charge in [0.1, 0.15) is 11.8 Å². The Morgan fingerprint density at radius 1 is 1.06 bits per heavy atom. The van der Waals surface area contributed by atoms with Crippen molar-refractivity contribution in [3.05, 3.63) is 90.2 Å². The number of aromatic hydroxyl groups is 1. The number of amides is 1. The van der Waals surface area contributed by atoms with Crippen molar-refractivity contribution in [3.8, 4) is 17.1 Å². The predicted molar refractivity (Wildman–Crippen MR) is 119 cm³/mol. The van der Waals surface area contributed by atoms with Crippen molar-refractivity contribution in [2.75, 3.05) is 10.6 Å². The summed E-state index contributed by atoms with van der Waals surface area (Å²) in [6, 6.07) is 13.4. The third kappa shape index (κ3) is 3.56. The van der Waals surface area contributed by atoms with Crippen LogP contribution in [0.15, 0.2) is 84.6 Å². The molecule has 4 heterocycles. The summed E-state index contributed by atoms with van der Waals surface area (Å²) in [6.07, 6.45) is 6.60. The largest absolute Gasteiger partial charge is 0.508 e. The molecule has 3 aromatic heterocycles. The molecule has 0 radical (unpaired) electrons. The molecule has 0 bridgehead atoms. The van der Waals surface area contributed by atoms with Gasteiger partial charge in [0.15, 0.2) is 5.82 Å². The Bertz CT molecular complexity index is 1300. The second-order valence-electron chi connectivity index (χ2n) is 7.29. The summed E-state index contributed by atoms with van der Waals surface area (Å²) < 4.78 is 1.70. The van der Waals surface area contributed by atoms with Crippen LogP contribution in [0.1, 0.15) is 18.5 Å². The molecular weight excluding hydrogens is 406 g/mol. The number of phenolic OH excluding ortho intramolecular Hbond substituents is 1. The van der Waals surface area contributed by atoms with Gasteiger partial charge in [0.05, 0.1) is 17.5 Å². The number of hydrogen-bond donors (Lipinski definition) is 3. The maximum absolute atomic E-state index is 13.3. The van der Waals surface area contributed by atoms with E-state index in [4.69, 9.17) is 5.10 Å². The fourth-order valence-corrected chi connectivity index (χ4v) is 3.67. The van der Waals surface area contributed by atoms with Crippen molar-refractivity contribution in [2.24, 2.45) is 0 Å². The first kappa shape index (κ1) is 19.4. The molecule has 9 heteroatoms. The van der Waals surface area contributed by atoms with Crippen molar-refractivity contribution < 1.29 is 9.90 Å². The molecule has 0 fully saturated rings. The highest BCUT2D eigenvalue weighted by molar-refractivity contribution is 6.05. The Balaban J connectivity index is 1.59. The molecule has 4 aromatic rings. The predicted octanol–water partition coefficient (Wildman–Crippen LogP) is 3.37. The number of rotatable bonds is 4. The van der Waals surface area contributed by atoms with Crippen LogP contribution in [0.2, 0.25) is 0 Å². The quantitative estimate of drug-likeness (QED) is 0.459. The monoisotopic (exact) mass is 425 g/mol. The van der Waals surface area contributed by atoms with E-state index in [1.54, 1.807) is 65.9 Å². The summed E-state index contributed by atoms with van der Waals surface area (Å²) in [6.45, 7) is 1.84. The first-order valence-electron chi connectivity index (χ1n) is 9.95. The number of phenols is 1. The van der Waals surface area contributed by atoms with E-state index >= 15 is 0 Å². The molecule has 1 atom stereocenters. The Morgan fingerprint density at radius 2 is 1.84 bits per heavy atom. The molecule has 0 aliphatic carbocycles. The molecule has 0 saturated heterocycles. The molecule has 1 aliphatic rings. The molecule has 5 rings (SSSR count). The maximum atomic E-state index is 13.3. The number of pyridine rings is 2. The minimum Gasteiger partial charge on any atom is -0.508 e. The van der Waals surface area contributed by atoms with Crippen molar-refractivity contribution in [2.45, 2.75) is 13.0 Å². The van der Waals surface area contributed by atoms with Crippen LogP contribution in [-0.4, -0.2) is 35.7 Å². The molecule has 1 unspecified atom stereocenters. The van der Waals surface area contributed by atoms with E-state index in [1.807, 2.05) is 19.1 Å². The van der Waals surface area contributed by atoms with Crippen LogP contribution >= 0.6 is 0 Å². The second-order valence-corrected chi connectivity index (χ2v) is 7.29. The molecule has 1 amide bonds. The summed E-state index contributed by atoms with van der Waals surface area (Å²) in [4.78, 5) is 26.1. The summed E-state index contributed by atoms with van der Waals surface area (Å²) >= 11 is 0. The first-order chi connectivity index (χ1) is 15.6. The third-order valence-electron chi connectivity index (χ3n) is 5.16. The summed E-state index contributed by atoms with van der Waals surface area (Å²) in [7, 11) is 0. The van der Waals surface area contributed by atoms with Crippen LogP contribution < -0.4 is 10.6 Å². The van der Waals surface area contributed by atoms with E-state index < -0.39 is 6.04 Å². The minimum atomic E-state index is -0.510. The lowest BCUT2D eigenvalue weighted by Gasteiger charge is -2.28. The molecule has 158 valence electrons. The number of nitrogens with one attached hydrogen (secondary N) is 2. The maximum Gasteiger partial charge on any atom is 0.255 e. The van der Waals surface area contributed by atoms with Gasteiger partial charge in [0.2, 0.25) is 5.95 Å². The Morgan fingerprint density at radius 3 is 2.56 bits per heavy atom. The summed E-state index contributed by atoms with van der Waals surface area (Å²) in [5.41, 5.74) is 3.38. The van der Waals surface area contributed by atoms with Gasteiger partial charge in [-0.05, 0) is 61.0 Å². The molecule has 9 nitrogen and oxygen atoms in total. The molecule has 0 saturated carbocycles. The van der Waals surface area contributed by atoms with Gasteiger partial charge < -0.3 is 15.7 Å². The average molecular weight is 425 g/mol. The highest BCUT2D eigenvalue weighted by Crippen LogP contribution is 2.36. The van der Waals surface area contributed by atoms with Crippen molar-refractivity contribution in [3.63, 3.8) is 0 Å². The van der Waals surface area contributed by atoms with Gasteiger partial charge in [-0.3, -0.25) is 14.8 Å². The highest BCUT2D eigenvalue weighted by Gasteiger charge is 2.34. The van der Waals surface area contributed by atoms with Crippen LogP contribution in [0, 0.1) is 0 Å². The summed E-state index contributed by atoms with van der Waals surface area (Å²) in [5.74, 6) is 0.896. The van der Waals surface area contributed by atoms with Crippen molar-refractivity contribution in [1.29, 1.82) is 0 Å². The van der Waals surface area contributed by atoms with Crippen LogP contribution in [0.4, 0.5) is 11.6 Å². The fraction of sp³-hybridized carbons (Fsp3) is 0.0870. The normalized spacial score (nSPS) is 15.1. The van der Waals surface area contributed by atoms with E-state index in [9.17, 15) is 9.90 Å². The zero-order chi connectivity index (χ0) is 22.1. The van der Waals surface area contributed by atoms with Crippen LogP contribution in [0.3, 0.4) is 0 Å². The number of benzene rings is 1. The van der Waals surface area contributed by atoms with Crippen LogP contribution in [-0.2, 0) is 4.79 Å². The minimum absolute atomic E-state index is 0.164. The van der Waals surface area contributed by atoms with E-state index in [1.165, 1.54) is 0 Å². The number of anilines is 2. The first-order valence-corrected chi connectivity index (χ1v) is 9.95. The van der Waals surface area contributed by atoms with Gasteiger partial charge in [-0.25, -0.2) is 4.68 Å². The zero-order valence-electron chi connectivity index (χ0n) is 17.1. The lowest BCUT2D eigenvalue weighted by Crippen LogP contribution is -2.31. The fourth-order valence-electron chi connectivity index (χ4n) is 3.67. The van der Waals surface area contributed by atoms with Gasteiger partial charge in [0.25, 0.3) is 5.91 Å². The molecule has 32 heavy (non-hydrogen) atoms. The SMILES string of the molecule is CC1=C(C(=O)Nc2cccnc2)C(c2ccncc2)n2nc(-c3ccc(O)cc3)nc2N1. The Kier molecular flexibility index (Phi) is 4.83. The third-order valence-corrected chi connectivity index (χ3v) is 5.16. The van der Waals surface area contributed by atoms with Gasteiger partial charge in [-0.1, -0.05) is 0 Å². The number of allylic oxidation sites excluding steroid dienone is 1. The molecular formula is C23H19N7O2. The summed E-state index contributed by atoms with van der Waals surface area (Å²) in [5, 5.41) is 20.4. The number of fused-ring (bicyclic) bond motifs is 1. The number of nitrogens with zero attached hydrogens (tertiary/aromatic N) is 5. The number of carbonyl (C=O) groups excluding carboxylic acids is 1. The Labute approximate surface area is 183 Å². The smallest absolute Gasteiger partial charge is 0.255 e. The molecule has 1 aliphatic heterocycles. The van der Waals surface area contributed by atoms with Crippen LogP contribution in [0.5, 0.6) is 5.75 Å². The van der Waals surface area contributed by atoms with Gasteiger partial charge >= 0.3 is 0 Å². The van der Waals surface area contributed by atoms with E-state index in [-0.39, 0.29) is 11.7 Å². The Hall–Kier alpha value is -4.53. The van der Waals surface area contributed by atoms with Gasteiger partial charge in [-0.15, -0.1) is 5.10 Å².